The van der Waals surface area contributed by atoms with Crippen LogP contribution in [-0.2, 0) is 13.6 Å². The number of carbonyl (C=O) groups excluding carboxylic acids is 2. The van der Waals surface area contributed by atoms with Gasteiger partial charge in [-0.1, -0.05) is 0 Å². The first-order valence-corrected chi connectivity index (χ1v) is 10.6. The van der Waals surface area contributed by atoms with E-state index in [0.717, 1.165) is 11.2 Å². The molecule has 4 heterocycles. The van der Waals surface area contributed by atoms with Crippen LogP contribution in [-0.4, -0.2) is 54.6 Å². The summed E-state index contributed by atoms with van der Waals surface area (Å²) in [6, 6.07) is 5.25. The monoisotopic (exact) mass is 423 g/mol. The summed E-state index contributed by atoms with van der Waals surface area (Å²) < 4.78 is 9.68. The number of ketones is 1. The van der Waals surface area contributed by atoms with Crippen molar-refractivity contribution in [2.75, 3.05) is 13.1 Å². The van der Waals surface area contributed by atoms with Gasteiger partial charge in [-0.15, -0.1) is 0 Å². The molecule has 1 N–H and O–H groups in total. The highest BCUT2D eigenvalue weighted by Gasteiger charge is 2.45. The molecule has 1 aromatic carbocycles. The Hall–Kier alpha value is -3.36. The van der Waals surface area contributed by atoms with E-state index in [1.165, 1.54) is 4.57 Å². The van der Waals surface area contributed by atoms with E-state index < -0.39 is 5.60 Å². The van der Waals surface area contributed by atoms with Gasteiger partial charge in [-0.3, -0.25) is 18.8 Å². The van der Waals surface area contributed by atoms with Crippen molar-refractivity contribution in [3.63, 3.8) is 0 Å². The molecule has 0 atom stereocenters. The lowest BCUT2D eigenvalue weighted by Crippen LogP contribution is -2.52. The maximum absolute atomic E-state index is 13.1. The molecule has 1 saturated heterocycles. The molecular weight excluding hydrogens is 398 g/mol. The van der Waals surface area contributed by atoms with Crippen LogP contribution in [0.5, 0.6) is 5.75 Å². The summed E-state index contributed by atoms with van der Waals surface area (Å²) in [5.74, 6) is 0.519. The Bertz CT molecular complexity index is 1270. The summed E-state index contributed by atoms with van der Waals surface area (Å²) in [6.07, 6.45) is 1.47. The zero-order valence-electron chi connectivity index (χ0n) is 17.9. The fourth-order valence-corrected chi connectivity index (χ4v) is 4.72. The minimum Gasteiger partial charge on any atom is -0.482 e. The van der Waals surface area contributed by atoms with Gasteiger partial charge in [-0.05, 0) is 32.0 Å². The van der Waals surface area contributed by atoms with Gasteiger partial charge in [-0.2, -0.15) is 5.10 Å². The molecule has 9 nitrogen and oxygen atoms in total. The number of Topliss-reactive ketones (excluding diaryl/α,β-unsaturated/α-hetero) is 1. The van der Waals surface area contributed by atoms with Gasteiger partial charge < -0.3 is 14.6 Å². The molecule has 2 aliphatic heterocycles. The predicted molar refractivity (Wildman–Crippen MR) is 114 cm³/mol. The Kier molecular flexibility index (Phi) is 4.32. The molecule has 0 saturated carbocycles. The summed E-state index contributed by atoms with van der Waals surface area (Å²) >= 11 is 0. The topological polar surface area (TPSA) is 102 Å². The van der Waals surface area contributed by atoms with Crippen molar-refractivity contribution < 1.29 is 14.3 Å². The number of amides is 1. The van der Waals surface area contributed by atoms with Crippen molar-refractivity contribution in [3.05, 3.63) is 45.6 Å². The molecule has 0 radical (unpaired) electrons. The molecule has 0 bridgehead atoms. The van der Waals surface area contributed by atoms with Gasteiger partial charge in [0.25, 0.3) is 5.91 Å². The second-order valence-corrected chi connectivity index (χ2v) is 8.48. The van der Waals surface area contributed by atoms with E-state index in [0.29, 0.717) is 61.4 Å². The number of nitrogens with one attached hydrogen (secondary N) is 1. The molecule has 0 unspecified atom stereocenters. The number of imidazole rings is 1. The second kappa shape index (κ2) is 6.83. The van der Waals surface area contributed by atoms with Crippen LogP contribution in [0.4, 0.5) is 0 Å². The number of aryl methyl sites for hydroxylation is 2. The van der Waals surface area contributed by atoms with Gasteiger partial charge in [0.05, 0.1) is 23.1 Å². The van der Waals surface area contributed by atoms with Crippen LogP contribution in [0.1, 0.15) is 52.7 Å². The number of ether oxygens (including phenoxy) is 1. The molecule has 1 spiro atoms. The van der Waals surface area contributed by atoms with Crippen molar-refractivity contribution in [3.8, 4) is 5.75 Å². The van der Waals surface area contributed by atoms with Crippen LogP contribution in [0, 0.1) is 6.92 Å². The fourth-order valence-electron chi connectivity index (χ4n) is 4.72. The average molecular weight is 423 g/mol. The number of hydrogen-bond donors (Lipinski definition) is 1. The summed E-state index contributed by atoms with van der Waals surface area (Å²) in [6.45, 7) is 5.60. The number of aromatic nitrogens is 4. The minimum absolute atomic E-state index is 0.00908. The van der Waals surface area contributed by atoms with Crippen LogP contribution in [0.2, 0.25) is 0 Å². The van der Waals surface area contributed by atoms with Crippen molar-refractivity contribution in [1.29, 1.82) is 0 Å². The highest BCUT2D eigenvalue weighted by Crippen LogP contribution is 2.41. The lowest BCUT2D eigenvalue weighted by molar-refractivity contribution is -0.00627. The van der Waals surface area contributed by atoms with E-state index >= 15 is 0 Å². The molecule has 2 aliphatic rings. The highest BCUT2D eigenvalue weighted by atomic mass is 16.5. The standard InChI is InChI=1S/C22H25N5O4/c1-4-27-13(2)19-18(24-27)17(28)12-22(31-19)7-9-26(10-8-22)20(29)14-5-6-16-15(11-14)23-21(30)25(16)3/h5-6,11H,4,7-10,12H2,1-3H3,(H,23,30). The Balaban J connectivity index is 1.34. The number of nitrogens with zero attached hydrogens (tertiary/aromatic N) is 4. The van der Waals surface area contributed by atoms with Crippen LogP contribution in [0.3, 0.4) is 0 Å². The van der Waals surface area contributed by atoms with E-state index in [9.17, 15) is 14.4 Å². The number of benzene rings is 1. The van der Waals surface area contributed by atoms with Gasteiger partial charge in [0, 0.05) is 45.1 Å². The quantitative estimate of drug-likeness (QED) is 0.680. The summed E-state index contributed by atoms with van der Waals surface area (Å²) in [7, 11) is 1.69. The molecule has 5 rings (SSSR count). The van der Waals surface area contributed by atoms with E-state index in [1.807, 2.05) is 13.8 Å². The van der Waals surface area contributed by atoms with Gasteiger partial charge in [0.15, 0.2) is 17.2 Å². The third-order valence-corrected chi connectivity index (χ3v) is 6.63. The molecule has 2 aromatic heterocycles. The average Bonchev–Trinajstić information content (AvgIpc) is 3.24. The van der Waals surface area contributed by atoms with E-state index in [-0.39, 0.29) is 17.4 Å². The van der Waals surface area contributed by atoms with Crippen LogP contribution >= 0.6 is 0 Å². The number of fused-ring (bicyclic) bond motifs is 2. The van der Waals surface area contributed by atoms with E-state index in [1.54, 1.807) is 34.8 Å². The molecule has 9 heteroatoms. The van der Waals surface area contributed by atoms with Gasteiger partial charge in [-0.25, -0.2) is 4.79 Å². The fraction of sp³-hybridized carbons (Fsp3) is 0.455. The smallest absolute Gasteiger partial charge is 0.326 e. The summed E-state index contributed by atoms with van der Waals surface area (Å²) in [4.78, 5) is 42.2. The van der Waals surface area contributed by atoms with Gasteiger partial charge >= 0.3 is 5.69 Å². The second-order valence-electron chi connectivity index (χ2n) is 8.48. The van der Waals surface area contributed by atoms with Crippen LogP contribution in [0.25, 0.3) is 11.0 Å². The number of hydrogen-bond acceptors (Lipinski definition) is 5. The van der Waals surface area contributed by atoms with Crippen molar-refractivity contribution in [2.45, 2.75) is 45.3 Å². The van der Waals surface area contributed by atoms with Gasteiger partial charge in [0.2, 0.25) is 0 Å². The maximum atomic E-state index is 13.1. The van der Waals surface area contributed by atoms with Crippen molar-refractivity contribution >= 4 is 22.7 Å². The number of rotatable bonds is 2. The normalized spacial score (nSPS) is 17.8. The first kappa shape index (κ1) is 19.6. The Labute approximate surface area is 178 Å². The SMILES string of the molecule is CCn1nc2c(c1C)OC1(CCN(C(=O)c3ccc4c(c3)[nH]c(=O)n4C)CC1)CC2=O. The largest absolute Gasteiger partial charge is 0.482 e. The number of H-pyrrole nitrogens is 1. The maximum Gasteiger partial charge on any atom is 0.326 e. The van der Waals surface area contributed by atoms with Crippen LogP contribution in [0.15, 0.2) is 23.0 Å². The number of carbonyl (C=O) groups is 2. The lowest BCUT2D eigenvalue weighted by atomic mass is 9.83. The predicted octanol–water partition coefficient (Wildman–Crippen LogP) is 2.03. The summed E-state index contributed by atoms with van der Waals surface area (Å²) in [5, 5.41) is 4.39. The Morgan fingerprint density at radius 2 is 2.00 bits per heavy atom. The number of aromatic amines is 1. The van der Waals surface area contributed by atoms with E-state index in [2.05, 4.69) is 10.1 Å². The zero-order valence-corrected chi connectivity index (χ0v) is 17.9. The molecule has 1 amide bonds. The zero-order chi connectivity index (χ0) is 21.9. The molecular formula is C22H25N5O4. The van der Waals surface area contributed by atoms with Crippen molar-refractivity contribution in [2.24, 2.45) is 7.05 Å². The summed E-state index contributed by atoms with van der Waals surface area (Å²) in [5.41, 5.74) is 2.44. The molecule has 31 heavy (non-hydrogen) atoms. The third-order valence-electron chi connectivity index (χ3n) is 6.63. The van der Waals surface area contributed by atoms with Crippen LogP contribution < -0.4 is 10.4 Å². The first-order valence-electron chi connectivity index (χ1n) is 10.6. The Morgan fingerprint density at radius 1 is 1.26 bits per heavy atom. The van der Waals surface area contributed by atoms with Crippen molar-refractivity contribution in [1.82, 2.24) is 24.2 Å². The first-order chi connectivity index (χ1) is 14.8. The molecule has 1 fully saturated rings. The molecule has 0 aliphatic carbocycles. The third kappa shape index (κ3) is 2.98. The Morgan fingerprint density at radius 3 is 2.71 bits per heavy atom. The number of likely N-dealkylation sites (tertiary alicyclic amines) is 1. The highest BCUT2D eigenvalue weighted by molar-refractivity contribution is 5.99. The molecule has 3 aromatic rings. The van der Waals surface area contributed by atoms with Gasteiger partial charge in [0.1, 0.15) is 5.60 Å². The molecule has 162 valence electrons. The number of piperidine rings is 1. The van der Waals surface area contributed by atoms with E-state index in [4.69, 9.17) is 4.74 Å². The minimum atomic E-state index is -0.581. The lowest BCUT2D eigenvalue weighted by Gasteiger charge is -2.43.